The lowest BCUT2D eigenvalue weighted by Gasteiger charge is -2.11. The van der Waals surface area contributed by atoms with E-state index >= 15 is 0 Å². The fourth-order valence-corrected chi connectivity index (χ4v) is 4.35. The molecule has 27 heavy (non-hydrogen) atoms. The van der Waals surface area contributed by atoms with Crippen LogP contribution in [0.15, 0.2) is 41.5 Å². The molecule has 2 N–H and O–H groups in total. The van der Waals surface area contributed by atoms with Crippen molar-refractivity contribution in [1.29, 1.82) is 0 Å². The van der Waals surface area contributed by atoms with Crippen molar-refractivity contribution in [1.82, 2.24) is 10.7 Å². The molecular weight excluding hydrogens is 594 g/mol. The van der Waals surface area contributed by atoms with Crippen LogP contribution in [0.25, 0.3) is 0 Å². The van der Waals surface area contributed by atoms with Crippen molar-refractivity contribution in [3.05, 3.63) is 64.8 Å². The molecule has 0 amide bonds. The first kappa shape index (κ1) is 21.8. The van der Waals surface area contributed by atoms with Crippen LogP contribution < -0.4 is 15.5 Å². The highest BCUT2D eigenvalue weighted by atomic mass is 127. The Hall–Kier alpha value is -1.54. The van der Waals surface area contributed by atoms with Crippen LogP contribution in [0.4, 0.5) is 5.69 Å². The van der Waals surface area contributed by atoms with E-state index < -0.39 is 4.92 Å². The second kappa shape index (κ2) is 10.7. The topological polar surface area (TPSA) is 88.8 Å². The van der Waals surface area contributed by atoms with E-state index in [2.05, 4.69) is 61.0 Å². The average Bonchev–Trinajstić information content (AvgIpc) is 2.61. The Balaban J connectivity index is 2.02. The van der Waals surface area contributed by atoms with Crippen LogP contribution in [0.2, 0.25) is 0 Å². The minimum Gasteiger partial charge on any atom is -0.487 e. The number of nitrogens with one attached hydrogen (secondary N) is 2. The maximum Gasteiger partial charge on any atom is 0.269 e. The Bertz CT molecular complexity index is 837. The molecule has 2 aromatic carbocycles. The lowest BCUT2D eigenvalue weighted by Crippen LogP contribution is -2.31. The second-order valence-corrected chi connectivity index (χ2v) is 7.99. The number of non-ortho nitro benzene ring substituents is 1. The molecule has 7 nitrogen and oxygen atoms in total. The van der Waals surface area contributed by atoms with Crippen LogP contribution in [-0.4, -0.2) is 22.8 Å². The van der Waals surface area contributed by atoms with E-state index in [1.54, 1.807) is 18.3 Å². The number of ether oxygens (including phenoxy) is 1. The number of hydrogen-bond donors (Lipinski definition) is 2. The summed E-state index contributed by atoms with van der Waals surface area (Å²) >= 11 is 9.46. The van der Waals surface area contributed by atoms with Crippen molar-refractivity contribution in [2.75, 3.05) is 6.54 Å². The van der Waals surface area contributed by atoms with E-state index in [1.165, 1.54) is 12.1 Å². The van der Waals surface area contributed by atoms with E-state index in [0.717, 1.165) is 30.6 Å². The zero-order chi connectivity index (χ0) is 19.8. The largest absolute Gasteiger partial charge is 0.487 e. The quantitative estimate of drug-likeness (QED) is 0.161. The van der Waals surface area contributed by atoms with Gasteiger partial charge in [-0.2, -0.15) is 5.10 Å². The summed E-state index contributed by atoms with van der Waals surface area (Å²) in [5.41, 5.74) is 4.59. The molecule has 0 heterocycles. The lowest BCUT2D eigenvalue weighted by molar-refractivity contribution is -0.384. The molecule has 0 aliphatic carbocycles. The van der Waals surface area contributed by atoms with Gasteiger partial charge in [0, 0.05) is 18.7 Å². The minimum atomic E-state index is -0.420. The van der Waals surface area contributed by atoms with Gasteiger partial charge < -0.3 is 10.1 Å². The zero-order valence-corrected chi connectivity index (χ0v) is 19.4. The summed E-state index contributed by atoms with van der Waals surface area (Å²) in [5.74, 6) is 0.767. The van der Waals surface area contributed by atoms with Crippen LogP contribution in [0.5, 0.6) is 5.75 Å². The molecule has 0 unspecified atom stereocenters. The summed E-state index contributed by atoms with van der Waals surface area (Å²) in [6, 6.07) is 10.2. The third kappa shape index (κ3) is 6.84. The molecule has 0 saturated heterocycles. The molecule has 0 radical (unpaired) electrons. The summed E-state index contributed by atoms with van der Waals surface area (Å²) < 4.78 is 7.79. The normalized spacial score (nSPS) is 10.6. The van der Waals surface area contributed by atoms with Gasteiger partial charge in [-0.3, -0.25) is 15.5 Å². The summed E-state index contributed by atoms with van der Waals surface area (Å²) in [6.45, 7) is 3.02. The van der Waals surface area contributed by atoms with Gasteiger partial charge in [-0.15, -0.1) is 0 Å². The second-order valence-electron chi connectivity index (χ2n) is 5.26. The minimum absolute atomic E-state index is 0.0637. The summed E-state index contributed by atoms with van der Waals surface area (Å²) in [6.07, 6.45) is 1.69. The van der Waals surface area contributed by atoms with Gasteiger partial charge in [0.05, 0.1) is 18.3 Å². The first-order valence-corrected chi connectivity index (χ1v) is 10.4. The van der Waals surface area contributed by atoms with Crippen molar-refractivity contribution >= 4 is 74.4 Å². The van der Waals surface area contributed by atoms with Gasteiger partial charge in [0.15, 0.2) is 5.11 Å². The first-order valence-electron chi connectivity index (χ1n) is 7.82. The number of benzene rings is 2. The average molecular weight is 610 g/mol. The van der Waals surface area contributed by atoms with E-state index in [0.29, 0.717) is 11.7 Å². The number of halogens is 2. The molecule has 2 rings (SSSR count). The van der Waals surface area contributed by atoms with E-state index in [9.17, 15) is 10.1 Å². The molecule has 0 spiro atoms. The number of nitro groups is 1. The van der Waals surface area contributed by atoms with Crippen LogP contribution in [0.3, 0.4) is 0 Å². The van der Waals surface area contributed by atoms with Gasteiger partial charge in [-0.05, 0) is 99.7 Å². The highest BCUT2D eigenvalue weighted by Gasteiger charge is 2.10. The molecule has 0 aliphatic rings. The fourth-order valence-electron chi connectivity index (χ4n) is 2.03. The zero-order valence-electron chi connectivity index (χ0n) is 14.2. The molecule has 2 aromatic rings. The molecule has 10 heteroatoms. The number of rotatable bonds is 7. The Morgan fingerprint density at radius 2 is 1.93 bits per heavy atom. The molecular formula is C17H16I2N4O3S. The maximum atomic E-state index is 10.7. The number of thiocarbonyl (C=S) groups is 1. The lowest BCUT2D eigenvalue weighted by atomic mass is 10.2. The molecule has 0 fully saturated rings. The van der Waals surface area contributed by atoms with Gasteiger partial charge in [0.2, 0.25) is 0 Å². The van der Waals surface area contributed by atoms with Crippen LogP contribution in [-0.2, 0) is 6.61 Å². The SMILES string of the molecule is CCNC(=S)N/N=C\c1cc(I)c(OCc2ccc([N+](=O)[O-])cc2)c(I)c1. The Morgan fingerprint density at radius 3 is 2.48 bits per heavy atom. The van der Waals surface area contributed by atoms with Gasteiger partial charge >= 0.3 is 0 Å². The highest BCUT2D eigenvalue weighted by molar-refractivity contribution is 14.1. The van der Waals surface area contributed by atoms with E-state index in [4.69, 9.17) is 17.0 Å². The molecule has 0 saturated carbocycles. The number of hydrazone groups is 1. The van der Waals surface area contributed by atoms with Gasteiger partial charge in [0.25, 0.3) is 5.69 Å². The van der Waals surface area contributed by atoms with Crippen molar-refractivity contribution < 1.29 is 9.66 Å². The molecule has 0 atom stereocenters. The van der Waals surface area contributed by atoms with E-state index in [-0.39, 0.29) is 5.69 Å². The van der Waals surface area contributed by atoms with Crippen molar-refractivity contribution in [3.8, 4) is 5.75 Å². The Kier molecular flexibility index (Phi) is 8.63. The monoisotopic (exact) mass is 610 g/mol. The highest BCUT2D eigenvalue weighted by Crippen LogP contribution is 2.29. The molecule has 0 bridgehead atoms. The standard InChI is InChI=1S/C17H16I2N4O3S/c1-2-20-17(27)22-21-9-12-7-14(18)16(15(19)8-12)26-10-11-3-5-13(6-4-11)23(24)25/h3-9H,2,10H2,1H3,(H2,20,22,27)/b21-9-. The Labute approximate surface area is 189 Å². The third-order valence-electron chi connectivity index (χ3n) is 3.27. The number of nitro benzene ring substituents is 1. The molecule has 0 aromatic heterocycles. The van der Waals surface area contributed by atoms with Crippen molar-refractivity contribution in [2.45, 2.75) is 13.5 Å². The maximum absolute atomic E-state index is 10.7. The number of hydrogen-bond acceptors (Lipinski definition) is 5. The predicted octanol–water partition coefficient (Wildman–Crippen LogP) is 4.20. The van der Waals surface area contributed by atoms with Gasteiger partial charge in [-0.1, -0.05) is 0 Å². The first-order chi connectivity index (χ1) is 12.9. The summed E-state index contributed by atoms with van der Waals surface area (Å²) in [7, 11) is 0. The Morgan fingerprint density at radius 1 is 1.30 bits per heavy atom. The fraction of sp³-hybridized carbons (Fsp3) is 0.176. The van der Waals surface area contributed by atoms with Crippen LogP contribution in [0, 0.1) is 17.3 Å². The predicted molar refractivity (Wildman–Crippen MR) is 126 cm³/mol. The molecule has 0 aliphatic heterocycles. The van der Waals surface area contributed by atoms with Crippen molar-refractivity contribution in [3.63, 3.8) is 0 Å². The van der Waals surface area contributed by atoms with E-state index in [1.807, 2.05) is 19.1 Å². The van der Waals surface area contributed by atoms with Gasteiger partial charge in [0.1, 0.15) is 12.4 Å². The van der Waals surface area contributed by atoms with Crippen LogP contribution >= 0.6 is 57.4 Å². The van der Waals surface area contributed by atoms with Crippen LogP contribution in [0.1, 0.15) is 18.1 Å². The smallest absolute Gasteiger partial charge is 0.269 e. The summed E-state index contributed by atoms with van der Waals surface area (Å²) in [4.78, 5) is 10.3. The van der Waals surface area contributed by atoms with Gasteiger partial charge in [-0.25, -0.2) is 0 Å². The summed E-state index contributed by atoms with van der Waals surface area (Å²) in [5, 5.41) is 18.2. The third-order valence-corrected chi connectivity index (χ3v) is 5.11. The van der Waals surface area contributed by atoms with Crippen molar-refractivity contribution in [2.24, 2.45) is 5.10 Å². The number of nitrogens with zero attached hydrogens (tertiary/aromatic N) is 2. The molecule has 142 valence electrons.